The summed E-state index contributed by atoms with van der Waals surface area (Å²) in [6.45, 7) is 3.11. The first-order chi connectivity index (χ1) is 7.70. The molecule has 3 heteroatoms. The molecule has 1 aromatic carbocycles. The van der Waals surface area contributed by atoms with Crippen molar-refractivity contribution < 1.29 is 4.39 Å². The summed E-state index contributed by atoms with van der Waals surface area (Å²) >= 11 is 6.11. The maximum absolute atomic E-state index is 13.2. The smallest absolute Gasteiger partial charge is 0.123 e. The van der Waals surface area contributed by atoms with E-state index in [0.717, 1.165) is 31.4 Å². The van der Waals surface area contributed by atoms with Crippen molar-refractivity contribution in [1.29, 1.82) is 0 Å². The largest absolute Gasteiger partial charge is 0.314 e. The van der Waals surface area contributed by atoms with E-state index in [1.54, 1.807) is 12.1 Å². The van der Waals surface area contributed by atoms with E-state index in [-0.39, 0.29) is 5.82 Å². The highest BCUT2D eigenvalue weighted by Gasteiger charge is 2.26. The summed E-state index contributed by atoms with van der Waals surface area (Å²) in [7, 11) is 0. The van der Waals surface area contributed by atoms with E-state index in [4.69, 9.17) is 11.6 Å². The van der Waals surface area contributed by atoms with Gasteiger partial charge in [0.2, 0.25) is 0 Å². The van der Waals surface area contributed by atoms with Crippen LogP contribution in [0.4, 0.5) is 4.39 Å². The highest BCUT2D eigenvalue weighted by molar-refractivity contribution is 6.31. The third kappa shape index (κ3) is 2.55. The zero-order valence-electron chi connectivity index (χ0n) is 9.47. The standard InChI is InChI=1S/C13H17ClFN/c1-2-16-11-5-3-9(7-11)12-8-10(15)4-6-13(12)14/h4,6,8-9,11,16H,2-3,5,7H2,1H3. The van der Waals surface area contributed by atoms with Crippen molar-refractivity contribution in [2.75, 3.05) is 6.54 Å². The van der Waals surface area contributed by atoms with Gasteiger partial charge in [0.25, 0.3) is 0 Å². The lowest BCUT2D eigenvalue weighted by Gasteiger charge is -2.13. The molecule has 0 aromatic heterocycles. The Morgan fingerprint density at radius 2 is 2.25 bits per heavy atom. The van der Waals surface area contributed by atoms with Gasteiger partial charge in [-0.05, 0) is 55.5 Å². The highest BCUT2D eigenvalue weighted by Crippen LogP contribution is 2.37. The van der Waals surface area contributed by atoms with Gasteiger partial charge >= 0.3 is 0 Å². The van der Waals surface area contributed by atoms with Crippen LogP contribution in [-0.2, 0) is 0 Å². The Balaban J connectivity index is 2.11. The lowest BCUT2D eigenvalue weighted by molar-refractivity contribution is 0.534. The molecule has 0 spiro atoms. The van der Waals surface area contributed by atoms with Crippen molar-refractivity contribution in [3.05, 3.63) is 34.6 Å². The molecule has 2 atom stereocenters. The van der Waals surface area contributed by atoms with E-state index in [0.29, 0.717) is 17.0 Å². The molecule has 0 amide bonds. The van der Waals surface area contributed by atoms with Gasteiger partial charge in [-0.2, -0.15) is 0 Å². The van der Waals surface area contributed by atoms with Crippen LogP contribution in [0.3, 0.4) is 0 Å². The van der Waals surface area contributed by atoms with E-state index in [9.17, 15) is 4.39 Å². The molecule has 1 fully saturated rings. The number of halogens is 2. The lowest BCUT2D eigenvalue weighted by atomic mass is 9.97. The second kappa shape index (κ2) is 5.15. The van der Waals surface area contributed by atoms with Gasteiger partial charge in [0.15, 0.2) is 0 Å². The van der Waals surface area contributed by atoms with E-state index in [1.807, 2.05) is 0 Å². The third-order valence-electron chi connectivity index (χ3n) is 3.32. The van der Waals surface area contributed by atoms with Crippen LogP contribution in [0.5, 0.6) is 0 Å². The first-order valence-electron chi connectivity index (χ1n) is 5.89. The molecule has 1 saturated carbocycles. The Hall–Kier alpha value is -0.600. The predicted molar refractivity (Wildman–Crippen MR) is 65.5 cm³/mol. The van der Waals surface area contributed by atoms with Crippen molar-refractivity contribution >= 4 is 11.6 Å². The van der Waals surface area contributed by atoms with Crippen molar-refractivity contribution in [2.24, 2.45) is 0 Å². The number of benzene rings is 1. The summed E-state index contributed by atoms with van der Waals surface area (Å²) in [5, 5.41) is 4.14. The lowest BCUT2D eigenvalue weighted by Crippen LogP contribution is -2.25. The topological polar surface area (TPSA) is 12.0 Å². The molecule has 0 saturated heterocycles. The van der Waals surface area contributed by atoms with Crippen LogP contribution >= 0.6 is 11.6 Å². The average Bonchev–Trinajstić information content (AvgIpc) is 2.71. The van der Waals surface area contributed by atoms with Gasteiger partial charge in [0.05, 0.1) is 0 Å². The zero-order valence-corrected chi connectivity index (χ0v) is 10.2. The Kier molecular flexibility index (Phi) is 3.82. The summed E-state index contributed by atoms with van der Waals surface area (Å²) in [5.41, 5.74) is 0.974. The minimum absolute atomic E-state index is 0.189. The average molecular weight is 242 g/mol. The van der Waals surface area contributed by atoms with Gasteiger partial charge in [-0.1, -0.05) is 18.5 Å². The molecular weight excluding hydrogens is 225 g/mol. The van der Waals surface area contributed by atoms with Crippen LogP contribution in [0.25, 0.3) is 0 Å². The molecule has 0 bridgehead atoms. The highest BCUT2D eigenvalue weighted by atomic mass is 35.5. The van der Waals surface area contributed by atoms with Gasteiger partial charge in [0.1, 0.15) is 5.82 Å². The fraction of sp³-hybridized carbons (Fsp3) is 0.538. The molecule has 2 unspecified atom stereocenters. The van der Waals surface area contributed by atoms with E-state index in [2.05, 4.69) is 12.2 Å². The summed E-state index contributed by atoms with van der Waals surface area (Å²) < 4.78 is 13.2. The van der Waals surface area contributed by atoms with E-state index in [1.165, 1.54) is 6.07 Å². The first-order valence-corrected chi connectivity index (χ1v) is 6.26. The third-order valence-corrected chi connectivity index (χ3v) is 3.67. The molecule has 1 aliphatic carbocycles. The summed E-state index contributed by atoms with van der Waals surface area (Å²) in [4.78, 5) is 0. The van der Waals surface area contributed by atoms with Crippen LogP contribution in [0, 0.1) is 5.82 Å². The fourth-order valence-electron chi connectivity index (χ4n) is 2.57. The SMILES string of the molecule is CCNC1CCC(c2cc(F)ccc2Cl)C1. The van der Waals surface area contributed by atoms with Gasteiger partial charge in [-0.25, -0.2) is 4.39 Å². The summed E-state index contributed by atoms with van der Waals surface area (Å²) in [6, 6.07) is 5.23. The van der Waals surface area contributed by atoms with E-state index < -0.39 is 0 Å². The molecule has 0 radical (unpaired) electrons. The quantitative estimate of drug-likeness (QED) is 0.851. The van der Waals surface area contributed by atoms with Crippen LogP contribution in [0.1, 0.15) is 37.7 Å². The normalized spacial score (nSPS) is 24.9. The molecule has 0 aliphatic heterocycles. The second-order valence-electron chi connectivity index (χ2n) is 4.43. The van der Waals surface area contributed by atoms with Crippen LogP contribution in [0.15, 0.2) is 18.2 Å². The van der Waals surface area contributed by atoms with Gasteiger partial charge in [-0.15, -0.1) is 0 Å². The first kappa shape index (κ1) is 11.9. The maximum atomic E-state index is 13.2. The van der Waals surface area contributed by atoms with Crippen molar-refractivity contribution in [3.8, 4) is 0 Å². The molecule has 1 nitrogen and oxygen atoms in total. The van der Waals surface area contributed by atoms with Crippen LogP contribution in [-0.4, -0.2) is 12.6 Å². The molecule has 88 valence electrons. The number of hydrogen-bond acceptors (Lipinski definition) is 1. The fourth-order valence-corrected chi connectivity index (χ4v) is 2.84. The van der Waals surface area contributed by atoms with Gasteiger partial charge in [0, 0.05) is 11.1 Å². The van der Waals surface area contributed by atoms with Gasteiger partial charge in [-0.3, -0.25) is 0 Å². The number of hydrogen-bond donors (Lipinski definition) is 1. The Morgan fingerprint density at radius 3 is 3.00 bits per heavy atom. The van der Waals surface area contributed by atoms with Gasteiger partial charge < -0.3 is 5.32 Å². The minimum atomic E-state index is -0.189. The molecule has 2 rings (SSSR count). The molecule has 1 aliphatic rings. The minimum Gasteiger partial charge on any atom is -0.314 e. The molecule has 16 heavy (non-hydrogen) atoms. The van der Waals surface area contributed by atoms with Crippen molar-refractivity contribution in [2.45, 2.75) is 38.1 Å². The summed E-state index contributed by atoms with van der Waals surface area (Å²) in [6.07, 6.45) is 3.32. The monoisotopic (exact) mass is 241 g/mol. The molecular formula is C13H17ClFN. The van der Waals surface area contributed by atoms with Crippen LogP contribution < -0.4 is 5.32 Å². The number of nitrogens with one attached hydrogen (secondary N) is 1. The Bertz CT molecular complexity index is 367. The Labute approximate surface area is 101 Å². The number of rotatable bonds is 3. The Morgan fingerprint density at radius 1 is 1.44 bits per heavy atom. The molecule has 1 N–H and O–H groups in total. The zero-order chi connectivity index (χ0) is 11.5. The molecule has 1 aromatic rings. The van der Waals surface area contributed by atoms with Crippen molar-refractivity contribution in [1.82, 2.24) is 5.32 Å². The summed E-state index contributed by atoms with van der Waals surface area (Å²) in [5.74, 6) is 0.221. The van der Waals surface area contributed by atoms with Crippen molar-refractivity contribution in [3.63, 3.8) is 0 Å². The van der Waals surface area contributed by atoms with E-state index >= 15 is 0 Å². The van der Waals surface area contributed by atoms with Crippen LogP contribution in [0.2, 0.25) is 5.02 Å². The predicted octanol–water partition coefficient (Wildman–Crippen LogP) is 3.72. The molecule has 0 heterocycles. The maximum Gasteiger partial charge on any atom is 0.123 e. The second-order valence-corrected chi connectivity index (χ2v) is 4.84.